The highest BCUT2D eigenvalue weighted by atomic mass is 35.5. The van der Waals surface area contributed by atoms with Crippen molar-refractivity contribution in [3.05, 3.63) is 34.9 Å². The van der Waals surface area contributed by atoms with Crippen LogP contribution in [-0.2, 0) is 0 Å². The maximum absolute atomic E-state index is 5.64. The van der Waals surface area contributed by atoms with Crippen LogP contribution in [0.2, 0.25) is 5.02 Å². The molecule has 0 spiro atoms. The standard InChI is InChI=1S/C7H7Cl.CH5N/c1-6-3-2-4-7(8)5-6;1-2/h2-5H,1H3;2H2,1H3. The zero-order chi connectivity index (χ0) is 7.98. The molecule has 1 rings (SSSR count). The van der Waals surface area contributed by atoms with Gasteiger partial charge in [0.05, 0.1) is 0 Å². The summed E-state index contributed by atoms with van der Waals surface area (Å²) in [6.45, 7) is 2.02. The van der Waals surface area contributed by atoms with Crippen LogP contribution in [-0.4, -0.2) is 7.05 Å². The molecular weight excluding hydrogens is 146 g/mol. The van der Waals surface area contributed by atoms with Gasteiger partial charge in [-0.1, -0.05) is 23.7 Å². The Hall–Kier alpha value is -0.530. The minimum atomic E-state index is 0.810. The van der Waals surface area contributed by atoms with Crippen molar-refractivity contribution in [1.82, 2.24) is 0 Å². The monoisotopic (exact) mass is 157 g/mol. The fourth-order valence-electron chi connectivity index (χ4n) is 0.606. The van der Waals surface area contributed by atoms with Gasteiger partial charge in [0, 0.05) is 5.02 Å². The van der Waals surface area contributed by atoms with E-state index < -0.39 is 0 Å². The highest BCUT2D eigenvalue weighted by Gasteiger charge is 1.82. The number of hydrogen-bond donors (Lipinski definition) is 1. The van der Waals surface area contributed by atoms with Crippen LogP contribution in [0.1, 0.15) is 5.56 Å². The predicted molar refractivity (Wildman–Crippen MR) is 46.3 cm³/mol. The molecular formula is C8H12ClN. The van der Waals surface area contributed by atoms with Gasteiger partial charge in [0.25, 0.3) is 0 Å². The van der Waals surface area contributed by atoms with Crippen molar-refractivity contribution in [2.45, 2.75) is 6.92 Å². The maximum Gasteiger partial charge on any atom is 0.0408 e. The molecule has 1 aromatic rings. The van der Waals surface area contributed by atoms with E-state index in [9.17, 15) is 0 Å². The Kier molecular flexibility index (Phi) is 4.99. The average molecular weight is 158 g/mol. The van der Waals surface area contributed by atoms with Gasteiger partial charge in [-0.05, 0) is 31.7 Å². The molecule has 2 heteroatoms. The van der Waals surface area contributed by atoms with Crippen molar-refractivity contribution in [3.8, 4) is 0 Å². The van der Waals surface area contributed by atoms with Gasteiger partial charge in [0.15, 0.2) is 0 Å². The van der Waals surface area contributed by atoms with Crippen LogP contribution in [0.4, 0.5) is 0 Å². The second-order valence-corrected chi connectivity index (χ2v) is 2.24. The summed E-state index contributed by atoms with van der Waals surface area (Å²) in [4.78, 5) is 0. The third kappa shape index (κ3) is 3.49. The van der Waals surface area contributed by atoms with Gasteiger partial charge in [-0.25, -0.2) is 0 Å². The van der Waals surface area contributed by atoms with Crippen molar-refractivity contribution in [3.63, 3.8) is 0 Å². The van der Waals surface area contributed by atoms with E-state index >= 15 is 0 Å². The Morgan fingerprint density at radius 1 is 1.30 bits per heavy atom. The largest absolute Gasteiger partial charge is 0.333 e. The summed E-state index contributed by atoms with van der Waals surface area (Å²) in [6, 6.07) is 7.76. The molecule has 0 atom stereocenters. The first-order chi connectivity index (χ1) is 4.79. The van der Waals surface area contributed by atoms with Crippen LogP contribution >= 0.6 is 11.6 Å². The molecule has 0 saturated carbocycles. The first-order valence-electron chi connectivity index (χ1n) is 3.09. The third-order valence-electron chi connectivity index (χ3n) is 0.980. The van der Waals surface area contributed by atoms with Gasteiger partial charge in [-0.2, -0.15) is 0 Å². The molecule has 0 aromatic heterocycles. The molecule has 10 heavy (non-hydrogen) atoms. The number of hydrogen-bond acceptors (Lipinski definition) is 1. The quantitative estimate of drug-likeness (QED) is 0.614. The van der Waals surface area contributed by atoms with Crippen LogP contribution in [0.3, 0.4) is 0 Å². The van der Waals surface area contributed by atoms with E-state index in [0.717, 1.165) is 5.02 Å². The molecule has 56 valence electrons. The third-order valence-corrected chi connectivity index (χ3v) is 1.22. The molecule has 0 radical (unpaired) electrons. The van der Waals surface area contributed by atoms with E-state index in [0.29, 0.717) is 0 Å². The topological polar surface area (TPSA) is 26.0 Å². The van der Waals surface area contributed by atoms with Gasteiger partial charge in [-0.15, -0.1) is 0 Å². The fraction of sp³-hybridized carbons (Fsp3) is 0.250. The minimum Gasteiger partial charge on any atom is -0.333 e. The molecule has 0 aliphatic carbocycles. The second kappa shape index (κ2) is 5.27. The van der Waals surface area contributed by atoms with Gasteiger partial charge in [0.1, 0.15) is 0 Å². The number of halogens is 1. The summed E-state index contributed by atoms with van der Waals surface area (Å²) >= 11 is 5.64. The Morgan fingerprint density at radius 2 is 1.90 bits per heavy atom. The molecule has 2 N–H and O–H groups in total. The van der Waals surface area contributed by atoms with Gasteiger partial charge >= 0.3 is 0 Å². The van der Waals surface area contributed by atoms with Crippen LogP contribution in [0.5, 0.6) is 0 Å². The molecule has 0 unspecified atom stereocenters. The molecule has 0 amide bonds. The molecule has 0 aliphatic rings. The molecule has 0 fully saturated rings. The van der Waals surface area contributed by atoms with Crippen LogP contribution in [0.15, 0.2) is 24.3 Å². The maximum atomic E-state index is 5.64. The van der Waals surface area contributed by atoms with E-state index in [1.165, 1.54) is 12.6 Å². The number of nitrogens with two attached hydrogens (primary N) is 1. The summed E-state index contributed by atoms with van der Waals surface area (Å²) in [5.41, 5.74) is 5.71. The average Bonchev–Trinajstić information content (AvgIpc) is 1.91. The second-order valence-electron chi connectivity index (χ2n) is 1.80. The summed E-state index contributed by atoms with van der Waals surface area (Å²) in [6.07, 6.45) is 0. The SMILES string of the molecule is CN.Cc1cccc(Cl)c1. The zero-order valence-electron chi connectivity index (χ0n) is 6.26. The van der Waals surface area contributed by atoms with Crippen molar-refractivity contribution in [2.75, 3.05) is 7.05 Å². The number of rotatable bonds is 0. The lowest BCUT2D eigenvalue weighted by atomic mass is 10.2. The van der Waals surface area contributed by atoms with Crippen molar-refractivity contribution in [2.24, 2.45) is 5.73 Å². The molecule has 1 aromatic carbocycles. The molecule has 0 aliphatic heterocycles. The Labute approximate surface area is 66.8 Å². The van der Waals surface area contributed by atoms with Crippen molar-refractivity contribution < 1.29 is 0 Å². The lowest BCUT2D eigenvalue weighted by molar-refractivity contribution is 1.47. The Bertz CT molecular complexity index is 169. The van der Waals surface area contributed by atoms with Crippen LogP contribution in [0, 0.1) is 6.92 Å². The van der Waals surface area contributed by atoms with E-state index in [1.807, 2.05) is 31.2 Å². The zero-order valence-corrected chi connectivity index (χ0v) is 7.02. The van der Waals surface area contributed by atoms with Crippen LogP contribution in [0.25, 0.3) is 0 Å². The molecule has 1 nitrogen and oxygen atoms in total. The normalized spacial score (nSPS) is 8.00. The van der Waals surface area contributed by atoms with Crippen molar-refractivity contribution in [1.29, 1.82) is 0 Å². The molecule has 0 saturated heterocycles. The summed E-state index contributed by atoms with van der Waals surface area (Å²) in [5, 5.41) is 0.810. The van der Waals surface area contributed by atoms with Gasteiger partial charge < -0.3 is 5.73 Å². The van der Waals surface area contributed by atoms with E-state index in [1.54, 1.807) is 0 Å². The highest BCUT2D eigenvalue weighted by Crippen LogP contribution is 2.08. The summed E-state index contributed by atoms with van der Waals surface area (Å²) in [5.74, 6) is 0. The lowest BCUT2D eigenvalue weighted by Crippen LogP contribution is -1.69. The summed E-state index contributed by atoms with van der Waals surface area (Å²) < 4.78 is 0. The summed E-state index contributed by atoms with van der Waals surface area (Å²) in [7, 11) is 1.50. The minimum absolute atomic E-state index is 0.810. The van der Waals surface area contributed by atoms with Crippen molar-refractivity contribution >= 4 is 11.6 Å². The predicted octanol–water partition coefficient (Wildman–Crippen LogP) is 2.22. The first kappa shape index (κ1) is 9.47. The fourth-order valence-corrected chi connectivity index (χ4v) is 0.850. The first-order valence-corrected chi connectivity index (χ1v) is 3.47. The molecule has 0 heterocycles. The number of benzene rings is 1. The Balaban J connectivity index is 0.000000371. The lowest BCUT2D eigenvalue weighted by Gasteiger charge is -1.88. The molecule has 0 bridgehead atoms. The van der Waals surface area contributed by atoms with Crippen LogP contribution < -0.4 is 5.73 Å². The smallest absolute Gasteiger partial charge is 0.0408 e. The number of aryl methyl sites for hydroxylation is 1. The van der Waals surface area contributed by atoms with E-state index in [4.69, 9.17) is 11.6 Å². The van der Waals surface area contributed by atoms with Gasteiger partial charge in [-0.3, -0.25) is 0 Å². The van der Waals surface area contributed by atoms with E-state index in [-0.39, 0.29) is 0 Å². The highest BCUT2D eigenvalue weighted by molar-refractivity contribution is 6.30. The van der Waals surface area contributed by atoms with Gasteiger partial charge in [0.2, 0.25) is 0 Å². The Morgan fingerprint density at radius 3 is 2.20 bits per heavy atom. The van der Waals surface area contributed by atoms with E-state index in [2.05, 4.69) is 5.73 Å².